The van der Waals surface area contributed by atoms with E-state index >= 15 is 0 Å². The lowest BCUT2D eigenvalue weighted by atomic mass is 10.3. The Kier molecular flexibility index (Phi) is 5.20. The first-order valence-electron chi connectivity index (χ1n) is 7.82. The number of hydrogen-bond acceptors (Lipinski definition) is 6. The molecule has 3 aromatic carbocycles. The molecule has 0 bridgehead atoms. The lowest BCUT2D eigenvalue weighted by Crippen LogP contribution is -2.10. The summed E-state index contributed by atoms with van der Waals surface area (Å²) in [5.74, 6) is 1.30. The van der Waals surface area contributed by atoms with Crippen molar-refractivity contribution in [3.63, 3.8) is 0 Å². The predicted octanol–water partition coefficient (Wildman–Crippen LogP) is 3.65. The second kappa shape index (κ2) is 7.42. The number of ether oxygens (including phenoxy) is 1. The molecule has 0 heterocycles. The van der Waals surface area contributed by atoms with Crippen molar-refractivity contribution in [3.8, 4) is 17.2 Å². The van der Waals surface area contributed by atoms with Crippen molar-refractivity contribution in [1.82, 2.24) is 0 Å². The Balaban J connectivity index is 1.74. The van der Waals surface area contributed by atoms with E-state index in [0.717, 1.165) is 6.26 Å². The third-order valence-electron chi connectivity index (χ3n) is 3.55. The van der Waals surface area contributed by atoms with E-state index in [0.29, 0.717) is 11.5 Å². The molecule has 6 nitrogen and oxygen atoms in total. The number of rotatable bonds is 6. The van der Waals surface area contributed by atoms with Gasteiger partial charge in [-0.25, -0.2) is 8.42 Å². The molecule has 0 fully saturated rings. The fourth-order valence-corrected chi connectivity index (χ4v) is 3.78. The lowest BCUT2D eigenvalue weighted by Gasteiger charge is -2.09. The first kappa shape index (κ1) is 18.9. The Labute approximate surface area is 158 Å². The number of para-hydroxylation sites is 1. The van der Waals surface area contributed by atoms with E-state index < -0.39 is 20.0 Å². The van der Waals surface area contributed by atoms with E-state index in [2.05, 4.69) is 0 Å². The smallest absolute Gasteiger partial charge is 0.339 e. The molecule has 0 atom stereocenters. The Morgan fingerprint density at radius 1 is 0.593 bits per heavy atom. The maximum Gasteiger partial charge on any atom is 0.339 e. The van der Waals surface area contributed by atoms with Crippen LogP contribution in [0.5, 0.6) is 17.2 Å². The molecule has 0 radical (unpaired) electrons. The summed E-state index contributed by atoms with van der Waals surface area (Å²) in [6.45, 7) is 0. The molecule has 0 saturated heterocycles. The molecule has 140 valence electrons. The molecule has 3 rings (SSSR count). The standard InChI is InChI=1S/C19H16O6S2/c1-26(20,21)18-11-13-19(14-12-18)27(22,23)25-17-9-7-16(8-10-17)24-15-5-3-2-4-6-15/h2-14H,1H3. The number of benzene rings is 3. The van der Waals surface area contributed by atoms with Crippen LogP contribution in [0.4, 0.5) is 0 Å². The predicted molar refractivity (Wildman–Crippen MR) is 100 cm³/mol. The normalized spacial score (nSPS) is 11.7. The van der Waals surface area contributed by atoms with E-state index in [1.54, 1.807) is 24.3 Å². The van der Waals surface area contributed by atoms with Gasteiger partial charge in [0.25, 0.3) is 0 Å². The van der Waals surface area contributed by atoms with Crippen molar-refractivity contribution in [2.75, 3.05) is 6.26 Å². The van der Waals surface area contributed by atoms with Crippen molar-refractivity contribution in [2.24, 2.45) is 0 Å². The molecule has 0 N–H and O–H groups in total. The summed E-state index contributed by atoms with van der Waals surface area (Å²) in [5.41, 5.74) is 0. The Morgan fingerprint density at radius 2 is 1.07 bits per heavy atom. The second-order valence-corrected chi connectivity index (χ2v) is 9.23. The van der Waals surface area contributed by atoms with Gasteiger partial charge in [-0.2, -0.15) is 8.42 Å². The molecule has 3 aromatic rings. The summed E-state index contributed by atoms with van der Waals surface area (Å²) in [7, 11) is -7.49. The molecule has 8 heteroatoms. The Hall–Kier alpha value is -2.84. The molecule has 0 spiro atoms. The van der Waals surface area contributed by atoms with E-state index in [1.807, 2.05) is 18.2 Å². The molecule has 0 unspecified atom stereocenters. The average molecular weight is 404 g/mol. The van der Waals surface area contributed by atoms with Crippen LogP contribution >= 0.6 is 0 Å². The average Bonchev–Trinajstić information content (AvgIpc) is 2.63. The molecular weight excluding hydrogens is 388 g/mol. The first-order valence-corrected chi connectivity index (χ1v) is 11.1. The summed E-state index contributed by atoms with van der Waals surface area (Å²) in [6, 6.07) is 20.1. The Morgan fingerprint density at radius 3 is 1.63 bits per heavy atom. The van der Waals surface area contributed by atoms with Gasteiger partial charge in [-0.15, -0.1) is 0 Å². The van der Waals surface area contributed by atoms with Gasteiger partial charge < -0.3 is 8.92 Å². The van der Waals surface area contributed by atoms with Gasteiger partial charge in [0.1, 0.15) is 22.1 Å². The summed E-state index contributed by atoms with van der Waals surface area (Å²) in [6.07, 6.45) is 1.05. The zero-order chi connectivity index (χ0) is 19.5. The second-order valence-electron chi connectivity index (χ2n) is 5.67. The number of hydrogen-bond donors (Lipinski definition) is 0. The lowest BCUT2D eigenvalue weighted by molar-refractivity contribution is 0.474. The van der Waals surface area contributed by atoms with Crippen molar-refractivity contribution in [3.05, 3.63) is 78.9 Å². The van der Waals surface area contributed by atoms with Gasteiger partial charge >= 0.3 is 10.1 Å². The van der Waals surface area contributed by atoms with Crippen LogP contribution in [0.1, 0.15) is 0 Å². The quantitative estimate of drug-likeness (QED) is 0.583. The minimum atomic E-state index is -4.08. The van der Waals surface area contributed by atoms with Gasteiger partial charge in [-0.3, -0.25) is 0 Å². The van der Waals surface area contributed by atoms with Crippen LogP contribution in [-0.4, -0.2) is 23.1 Å². The van der Waals surface area contributed by atoms with E-state index in [4.69, 9.17) is 8.92 Å². The minimum Gasteiger partial charge on any atom is -0.457 e. The van der Waals surface area contributed by atoms with Crippen LogP contribution in [0.25, 0.3) is 0 Å². The van der Waals surface area contributed by atoms with E-state index in [1.165, 1.54) is 36.4 Å². The highest BCUT2D eigenvalue weighted by Crippen LogP contribution is 2.25. The topological polar surface area (TPSA) is 86.7 Å². The first-order chi connectivity index (χ1) is 12.7. The summed E-state index contributed by atoms with van der Waals surface area (Å²) >= 11 is 0. The maximum atomic E-state index is 12.3. The molecule has 0 aromatic heterocycles. The highest BCUT2D eigenvalue weighted by atomic mass is 32.2. The molecule has 0 saturated carbocycles. The maximum absolute atomic E-state index is 12.3. The molecule has 27 heavy (non-hydrogen) atoms. The zero-order valence-corrected chi connectivity index (χ0v) is 15.9. The van der Waals surface area contributed by atoms with Crippen LogP contribution in [0.3, 0.4) is 0 Å². The van der Waals surface area contributed by atoms with Gasteiger partial charge in [-0.05, 0) is 60.7 Å². The largest absolute Gasteiger partial charge is 0.457 e. The molecule has 0 aliphatic carbocycles. The van der Waals surface area contributed by atoms with Crippen LogP contribution < -0.4 is 8.92 Å². The van der Waals surface area contributed by atoms with Crippen molar-refractivity contribution in [1.29, 1.82) is 0 Å². The van der Waals surface area contributed by atoms with Crippen molar-refractivity contribution in [2.45, 2.75) is 9.79 Å². The zero-order valence-electron chi connectivity index (χ0n) is 14.3. The van der Waals surface area contributed by atoms with E-state index in [9.17, 15) is 16.8 Å². The molecular formula is C19H16O6S2. The van der Waals surface area contributed by atoms with Gasteiger partial charge in [0, 0.05) is 6.26 Å². The third-order valence-corrected chi connectivity index (χ3v) is 5.94. The third kappa shape index (κ3) is 4.87. The Bertz CT molecular complexity index is 1120. The van der Waals surface area contributed by atoms with Crippen LogP contribution in [0, 0.1) is 0 Å². The summed E-state index contributed by atoms with van der Waals surface area (Å²) in [5, 5.41) is 0. The molecule has 0 aliphatic rings. The fourth-order valence-electron chi connectivity index (χ4n) is 2.22. The molecule has 0 amide bonds. The highest BCUT2D eigenvalue weighted by molar-refractivity contribution is 7.90. The van der Waals surface area contributed by atoms with Crippen LogP contribution in [0.15, 0.2) is 88.7 Å². The molecule has 0 aliphatic heterocycles. The SMILES string of the molecule is CS(=O)(=O)c1ccc(S(=O)(=O)Oc2ccc(Oc3ccccc3)cc2)cc1. The van der Waals surface area contributed by atoms with Gasteiger partial charge in [-0.1, -0.05) is 18.2 Å². The van der Waals surface area contributed by atoms with Gasteiger partial charge in [0.15, 0.2) is 9.84 Å². The van der Waals surface area contributed by atoms with E-state index in [-0.39, 0.29) is 15.5 Å². The van der Waals surface area contributed by atoms with Crippen LogP contribution in [-0.2, 0) is 20.0 Å². The van der Waals surface area contributed by atoms with Gasteiger partial charge in [0.2, 0.25) is 0 Å². The monoisotopic (exact) mass is 404 g/mol. The van der Waals surface area contributed by atoms with Gasteiger partial charge in [0.05, 0.1) is 4.90 Å². The summed E-state index contributed by atoms with van der Waals surface area (Å²) in [4.78, 5) is -0.108. The minimum absolute atomic E-state index is 0.0314. The van der Waals surface area contributed by atoms with Crippen LogP contribution in [0.2, 0.25) is 0 Å². The fraction of sp³-hybridized carbons (Fsp3) is 0.0526. The summed E-state index contributed by atoms with van der Waals surface area (Å²) < 4.78 is 58.3. The number of sulfone groups is 1. The highest BCUT2D eigenvalue weighted by Gasteiger charge is 2.18. The van der Waals surface area contributed by atoms with Crippen molar-refractivity contribution >= 4 is 20.0 Å². The van der Waals surface area contributed by atoms with Crippen molar-refractivity contribution < 1.29 is 25.8 Å².